The van der Waals surface area contributed by atoms with Gasteiger partial charge in [-0.1, -0.05) is 37.3 Å². The number of hydrogen-bond donors (Lipinski definition) is 1. The predicted molar refractivity (Wildman–Crippen MR) is 82.2 cm³/mol. The van der Waals surface area contributed by atoms with Gasteiger partial charge in [-0.3, -0.25) is 9.88 Å². The normalized spacial score (nSPS) is 18.8. The van der Waals surface area contributed by atoms with Crippen LogP contribution < -0.4 is 5.73 Å². The number of aromatic nitrogens is 1. The Bertz CT molecular complexity index is 580. The lowest BCUT2D eigenvalue weighted by Crippen LogP contribution is -2.33. The second-order valence-electron chi connectivity index (χ2n) is 5.57. The number of fused-ring (bicyclic) bond motifs is 1. The first-order valence-corrected chi connectivity index (χ1v) is 7.27. The Hall–Kier alpha value is -1.87. The lowest BCUT2D eigenvalue weighted by Gasteiger charge is -2.33. The molecule has 2 N–H and O–H groups in total. The first-order chi connectivity index (χ1) is 9.76. The summed E-state index contributed by atoms with van der Waals surface area (Å²) in [4.78, 5) is 7.05. The van der Waals surface area contributed by atoms with E-state index in [0.717, 1.165) is 31.7 Å². The monoisotopic (exact) mass is 267 g/mol. The van der Waals surface area contributed by atoms with Crippen molar-refractivity contribution >= 4 is 5.69 Å². The van der Waals surface area contributed by atoms with E-state index >= 15 is 0 Å². The van der Waals surface area contributed by atoms with Crippen molar-refractivity contribution in [2.24, 2.45) is 0 Å². The van der Waals surface area contributed by atoms with Crippen LogP contribution in [0.15, 0.2) is 42.6 Å². The molecule has 2 aromatic rings. The zero-order chi connectivity index (χ0) is 13.9. The average Bonchev–Trinajstić information content (AvgIpc) is 2.47. The molecule has 0 spiro atoms. The smallest absolute Gasteiger partial charge is 0.0504 e. The van der Waals surface area contributed by atoms with Gasteiger partial charge >= 0.3 is 0 Å². The maximum Gasteiger partial charge on any atom is 0.0504 e. The summed E-state index contributed by atoms with van der Waals surface area (Å²) in [5, 5.41) is 0. The summed E-state index contributed by atoms with van der Waals surface area (Å²) in [6, 6.07) is 12.7. The molecule has 3 nitrogen and oxygen atoms in total. The molecular weight excluding hydrogens is 246 g/mol. The second kappa shape index (κ2) is 5.63. The van der Waals surface area contributed by atoms with E-state index in [1.54, 1.807) is 6.20 Å². The Labute approximate surface area is 120 Å². The number of hydrogen-bond acceptors (Lipinski definition) is 3. The van der Waals surface area contributed by atoms with Crippen LogP contribution in [-0.2, 0) is 13.1 Å². The SMILES string of the molecule is CCC1CN(Cc2ccccc2)Cc2cc(N)cnc21. The van der Waals surface area contributed by atoms with Crippen LogP contribution >= 0.6 is 0 Å². The molecule has 0 aliphatic carbocycles. The minimum absolute atomic E-state index is 0.517. The van der Waals surface area contributed by atoms with Crippen molar-refractivity contribution in [2.45, 2.75) is 32.4 Å². The Morgan fingerprint density at radius 3 is 2.85 bits per heavy atom. The van der Waals surface area contributed by atoms with E-state index in [-0.39, 0.29) is 0 Å². The van der Waals surface area contributed by atoms with Gasteiger partial charge in [-0.05, 0) is 23.6 Å². The standard InChI is InChI=1S/C17H21N3/c1-2-14-11-20(10-13-6-4-3-5-7-13)12-15-8-16(18)9-19-17(14)15/h3-9,14H,2,10-12,18H2,1H3. The van der Waals surface area contributed by atoms with Gasteiger partial charge in [0, 0.05) is 31.2 Å². The molecular formula is C17H21N3. The summed E-state index contributed by atoms with van der Waals surface area (Å²) in [5.41, 5.74) is 10.5. The van der Waals surface area contributed by atoms with E-state index in [4.69, 9.17) is 5.73 Å². The molecule has 20 heavy (non-hydrogen) atoms. The van der Waals surface area contributed by atoms with Crippen molar-refractivity contribution in [2.75, 3.05) is 12.3 Å². The molecule has 3 heteroatoms. The molecule has 0 fully saturated rings. The maximum atomic E-state index is 5.89. The number of nitrogen functional groups attached to an aromatic ring is 1. The molecule has 0 radical (unpaired) electrons. The van der Waals surface area contributed by atoms with Gasteiger partial charge in [-0.15, -0.1) is 0 Å². The summed E-state index contributed by atoms with van der Waals surface area (Å²) in [7, 11) is 0. The number of rotatable bonds is 3. The number of benzene rings is 1. The van der Waals surface area contributed by atoms with Crippen molar-refractivity contribution in [1.82, 2.24) is 9.88 Å². The molecule has 1 unspecified atom stereocenters. The van der Waals surface area contributed by atoms with E-state index in [2.05, 4.69) is 53.2 Å². The van der Waals surface area contributed by atoms with Gasteiger partial charge in [-0.25, -0.2) is 0 Å². The summed E-state index contributed by atoms with van der Waals surface area (Å²) in [6.07, 6.45) is 2.91. The molecule has 0 saturated carbocycles. The van der Waals surface area contributed by atoms with E-state index in [1.165, 1.54) is 16.8 Å². The van der Waals surface area contributed by atoms with Crippen LogP contribution in [-0.4, -0.2) is 16.4 Å². The van der Waals surface area contributed by atoms with Gasteiger partial charge in [0.05, 0.1) is 11.9 Å². The highest BCUT2D eigenvalue weighted by atomic mass is 15.1. The van der Waals surface area contributed by atoms with Crippen LogP contribution in [0.25, 0.3) is 0 Å². The van der Waals surface area contributed by atoms with E-state index in [0.29, 0.717) is 5.92 Å². The fraction of sp³-hybridized carbons (Fsp3) is 0.353. The van der Waals surface area contributed by atoms with Crippen LogP contribution in [0.5, 0.6) is 0 Å². The largest absolute Gasteiger partial charge is 0.397 e. The van der Waals surface area contributed by atoms with Gasteiger partial charge in [0.2, 0.25) is 0 Å². The zero-order valence-corrected chi connectivity index (χ0v) is 11.9. The van der Waals surface area contributed by atoms with Crippen molar-refractivity contribution in [3.63, 3.8) is 0 Å². The maximum absolute atomic E-state index is 5.89. The van der Waals surface area contributed by atoms with Gasteiger partial charge in [0.25, 0.3) is 0 Å². The molecule has 2 heterocycles. The van der Waals surface area contributed by atoms with Crippen molar-refractivity contribution < 1.29 is 0 Å². The van der Waals surface area contributed by atoms with Crippen molar-refractivity contribution in [3.8, 4) is 0 Å². The highest BCUT2D eigenvalue weighted by Crippen LogP contribution is 2.30. The quantitative estimate of drug-likeness (QED) is 0.928. The molecule has 3 rings (SSSR count). The molecule has 1 aliphatic heterocycles. The summed E-state index contributed by atoms with van der Waals surface area (Å²) in [6.45, 7) is 5.25. The van der Waals surface area contributed by atoms with Gasteiger partial charge < -0.3 is 5.73 Å². The zero-order valence-electron chi connectivity index (χ0n) is 11.9. The molecule has 1 atom stereocenters. The molecule has 1 aromatic carbocycles. The number of nitrogens with zero attached hydrogens (tertiary/aromatic N) is 2. The first-order valence-electron chi connectivity index (χ1n) is 7.27. The topological polar surface area (TPSA) is 42.1 Å². The van der Waals surface area contributed by atoms with Crippen LogP contribution in [0.2, 0.25) is 0 Å². The van der Waals surface area contributed by atoms with Gasteiger partial charge in [-0.2, -0.15) is 0 Å². The first kappa shape index (κ1) is 13.1. The van der Waals surface area contributed by atoms with E-state index < -0.39 is 0 Å². The van der Waals surface area contributed by atoms with Crippen LogP contribution in [0.3, 0.4) is 0 Å². The lowest BCUT2D eigenvalue weighted by molar-refractivity contribution is 0.216. The minimum Gasteiger partial charge on any atom is -0.397 e. The molecule has 0 amide bonds. The van der Waals surface area contributed by atoms with Gasteiger partial charge in [0.1, 0.15) is 0 Å². The number of pyridine rings is 1. The highest BCUT2D eigenvalue weighted by molar-refractivity contribution is 5.42. The minimum atomic E-state index is 0.517. The number of nitrogens with two attached hydrogens (primary N) is 1. The molecule has 104 valence electrons. The van der Waals surface area contributed by atoms with Crippen molar-refractivity contribution in [1.29, 1.82) is 0 Å². The Morgan fingerprint density at radius 1 is 1.30 bits per heavy atom. The van der Waals surface area contributed by atoms with Gasteiger partial charge in [0.15, 0.2) is 0 Å². The summed E-state index contributed by atoms with van der Waals surface area (Å²) >= 11 is 0. The highest BCUT2D eigenvalue weighted by Gasteiger charge is 2.25. The third-order valence-corrected chi connectivity index (χ3v) is 4.02. The molecule has 1 aromatic heterocycles. The van der Waals surface area contributed by atoms with E-state index in [1.807, 2.05) is 0 Å². The summed E-state index contributed by atoms with van der Waals surface area (Å²) in [5.74, 6) is 0.517. The lowest BCUT2D eigenvalue weighted by atomic mass is 9.92. The third kappa shape index (κ3) is 2.68. The van der Waals surface area contributed by atoms with E-state index in [9.17, 15) is 0 Å². The number of anilines is 1. The average molecular weight is 267 g/mol. The molecule has 0 saturated heterocycles. The Kier molecular flexibility index (Phi) is 3.70. The summed E-state index contributed by atoms with van der Waals surface area (Å²) < 4.78 is 0. The predicted octanol–water partition coefficient (Wildman–Crippen LogP) is 3.17. The molecule has 1 aliphatic rings. The van der Waals surface area contributed by atoms with Crippen molar-refractivity contribution in [3.05, 3.63) is 59.4 Å². The fourth-order valence-corrected chi connectivity index (χ4v) is 3.02. The van der Waals surface area contributed by atoms with Crippen LogP contribution in [0, 0.1) is 0 Å². The second-order valence-corrected chi connectivity index (χ2v) is 5.57. The molecule has 0 bridgehead atoms. The third-order valence-electron chi connectivity index (χ3n) is 4.02. The Morgan fingerprint density at radius 2 is 2.10 bits per heavy atom. The fourth-order valence-electron chi connectivity index (χ4n) is 3.02. The van der Waals surface area contributed by atoms with Crippen LogP contribution in [0.4, 0.5) is 5.69 Å². The van der Waals surface area contributed by atoms with Crippen LogP contribution in [0.1, 0.15) is 36.1 Å². The Balaban J connectivity index is 1.83.